The van der Waals surface area contributed by atoms with Gasteiger partial charge in [0.05, 0.1) is 0 Å². The maximum absolute atomic E-state index is 4.18. The van der Waals surface area contributed by atoms with E-state index >= 15 is 0 Å². The molecule has 3 aromatic rings. The highest BCUT2D eigenvalue weighted by molar-refractivity contribution is 5.84. The van der Waals surface area contributed by atoms with Gasteiger partial charge in [-0.25, -0.2) is 0 Å². The maximum Gasteiger partial charge on any atom is 0.0215 e. The Labute approximate surface area is 493 Å². The third kappa shape index (κ3) is 17.8. The smallest absolute Gasteiger partial charge is 0.0215 e. The van der Waals surface area contributed by atoms with Crippen LogP contribution in [0.5, 0.6) is 0 Å². The van der Waals surface area contributed by atoms with Gasteiger partial charge < -0.3 is 0 Å². The Morgan fingerprint density at radius 2 is 1.23 bits per heavy atom. The second kappa shape index (κ2) is 32.0. The molecule has 1 unspecified atom stereocenters. The summed E-state index contributed by atoms with van der Waals surface area (Å²) in [5, 5.41) is 0. The summed E-state index contributed by atoms with van der Waals surface area (Å²) in [6.45, 7) is 43.6. The number of benzene rings is 3. The molecule has 0 saturated carbocycles. The number of rotatable bonds is 28. The Kier molecular flexibility index (Phi) is 26.4. The van der Waals surface area contributed by atoms with Crippen molar-refractivity contribution in [3.05, 3.63) is 195 Å². The van der Waals surface area contributed by atoms with Crippen molar-refractivity contribution in [3.8, 4) is 11.1 Å². The summed E-state index contributed by atoms with van der Waals surface area (Å²) in [6.07, 6.45) is 51.5. The highest BCUT2D eigenvalue weighted by Gasteiger charge is 2.43. The van der Waals surface area contributed by atoms with Crippen LogP contribution in [-0.4, -0.2) is 0 Å². The molecule has 0 bridgehead atoms. The molecule has 0 N–H and O–H groups in total. The minimum Gasteiger partial charge on any atom is -0.0909 e. The molecule has 0 fully saturated rings. The van der Waals surface area contributed by atoms with E-state index in [1.165, 1.54) is 157 Å². The monoisotopic (exact) mass is 1070 g/mol. The quantitative estimate of drug-likeness (QED) is 0.0502. The molecular formula is C80H114. The summed E-state index contributed by atoms with van der Waals surface area (Å²) < 4.78 is 0. The summed E-state index contributed by atoms with van der Waals surface area (Å²) in [7, 11) is 0. The van der Waals surface area contributed by atoms with Crippen LogP contribution in [0.3, 0.4) is 0 Å². The van der Waals surface area contributed by atoms with E-state index in [4.69, 9.17) is 0 Å². The lowest BCUT2D eigenvalue weighted by atomic mass is 9.69. The van der Waals surface area contributed by atoms with Gasteiger partial charge in [-0.05, 0) is 196 Å². The van der Waals surface area contributed by atoms with Gasteiger partial charge in [0.25, 0.3) is 0 Å². The van der Waals surface area contributed by atoms with Crippen LogP contribution in [0.25, 0.3) is 27.8 Å². The Bertz CT molecular complexity index is 2750. The van der Waals surface area contributed by atoms with Crippen LogP contribution in [0.15, 0.2) is 150 Å². The first-order valence-corrected chi connectivity index (χ1v) is 32.6. The van der Waals surface area contributed by atoms with Crippen molar-refractivity contribution >= 4 is 16.7 Å². The van der Waals surface area contributed by atoms with E-state index in [1.807, 2.05) is 0 Å². The summed E-state index contributed by atoms with van der Waals surface area (Å²) in [6, 6.07) is 20.1. The molecule has 0 nitrogen and oxygen atoms in total. The largest absolute Gasteiger partial charge is 0.0909 e. The molecule has 0 heterocycles. The van der Waals surface area contributed by atoms with E-state index in [-0.39, 0.29) is 16.2 Å². The summed E-state index contributed by atoms with van der Waals surface area (Å²) in [5.74, 6) is 0.496. The van der Waals surface area contributed by atoms with Crippen LogP contribution in [-0.2, 0) is 17.3 Å². The van der Waals surface area contributed by atoms with Gasteiger partial charge in [-0.2, -0.15) is 0 Å². The lowest BCUT2D eigenvalue weighted by Gasteiger charge is -2.34. The fourth-order valence-corrected chi connectivity index (χ4v) is 12.4. The van der Waals surface area contributed by atoms with Crippen molar-refractivity contribution < 1.29 is 0 Å². The standard InChI is InChI=1S/C64H96.C16H18/c1-16-21-23-25-27-29-43-64(44-30-28-26-24-22-17-2)59-45-52(37-39-56(59)57-40-38-53(46-60(57)64)63(13,14)15)48(7)34-36-51(31-18-3)55-42-41-54(49(8)33-35-50(9)62(10,11)12)61(47(6)20-5)58(55)32-19-4;1-13(15-9-5-3-6-10-15)14(2)16-11-7-4-8-12-16/h33-42,45-47H,16-32,43-44H2,1-15H3;3,5,7,9,11-12H,1-2,4,6,8,10H2/b48-34+,49-33+,50-35+,51-36+;. The van der Waals surface area contributed by atoms with Gasteiger partial charge in [0.1, 0.15) is 0 Å². The Morgan fingerprint density at radius 3 is 1.79 bits per heavy atom. The summed E-state index contributed by atoms with van der Waals surface area (Å²) in [4.78, 5) is 0. The Hall–Kier alpha value is -4.94. The third-order valence-electron chi connectivity index (χ3n) is 18.3. The van der Waals surface area contributed by atoms with Crippen LogP contribution in [0.4, 0.5) is 0 Å². The van der Waals surface area contributed by atoms with Crippen LogP contribution in [0.2, 0.25) is 0 Å². The molecule has 80 heavy (non-hydrogen) atoms. The fourth-order valence-electron chi connectivity index (χ4n) is 12.4. The predicted molar refractivity (Wildman–Crippen MR) is 361 cm³/mol. The first-order valence-electron chi connectivity index (χ1n) is 32.6. The topological polar surface area (TPSA) is 0 Å². The number of hydrogen-bond donors (Lipinski definition) is 0. The SMILES string of the molecule is C=C(C(=C)C1=CC=CCC1)C1=CCCC=C1.CCCCCCCCC1(CCCCCCCC)c2cc(/C(C)=C/C=C(\CCC)c3ccc(/C(C)=C/C=C(\C)C(C)(C)C)c(C(C)CC)c3CCC)ccc2-c2ccc(C(C)(C)C)cc21. The van der Waals surface area contributed by atoms with Gasteiger partial charge in [0.2, 0.25) is 0 Å². The second-order valence-corrected chi connectivity index (χ2v) is 26.5. The van der Waals surface area contributed by atoms with Crippen molar-refractivity contribution in [2.24, 2.45) is 5.41 Å². The zero-order chi connectivity index (χ0) is 58.5. The molecule has 3 aliphatic carbocycles. The molecule has 0 aliphatic heterocycles. The molecular weight excluding hydrogens is 961 g/mol. The average molecular weight is 1080 g/mol. The number of hydrogen-bond acceptors (Lipinski definition) is 0. The van der Waals surface area contributed by atoms with Gasteiger partial charge in [-0.1, -0.05) is 295 Å². The zero-order valence-electron chi connectivity index (χ0n) is 54.1. The van der Waals surface area contributed by atoms with Crippen molar-refractivity contribution in [1.82, 2.24) is 0 Å². The van der Waals surface area contributed by atoms with Gasteiger partial charge in [0.15, 0.2) is 0 Å². The molecule has 1 atom stereocenters. The van der Waals surface area contributed by atoms with Gasteiger partial charge in [0, 0.05) is 5.41 Å². The molecule has 0 saturated heterocycles. The predicted octanol–water partition coefficient (Wildman–Crippen LogP) is 25.6. The number of unbranched alkanes of at least 4 members (excludes halogenated alkanes) is 10. The van der Waals surface area contributed by atoms with Crippen molar-refractivity contribution in [3.63, 3.8) is 0 Å². The van der Waals surface area contributed by atoms with Crippen LogP contribution in [0, 0.1) is 5.41 Å². The van der Waals surface area contributed by atoms with Crippen LogP contribution in [0.1, 0.15) is 296 Å². The minimum absolute atomic E-state index is 0.0674. The molecule has 0 spiro atoms. The van der Waals surface area contributed by atoms with E-state index in [0.29, 0.717) is 5.92 Å². The van der Waals surface area contributed by atoms with Crippen LogP contribution >= 0.6 is 0 Å². The van der Waals surface area contributed by atoms with E-state index < -0.39 is 0 Å². The summed E-state index contributed by atoms with van der Waals surface area (Å²) in [5.41, 5.74) is 25.9. The second-order valence-electron chi connectivity index (χ2n) is 26.5. The maximum atomic E-state index is 4.18. The molecule has 0 radical (unpaired) electrons. The Balaban J connectivity index is 0.000000623. The highest BCUT2D eigenvalue weighted by atomic mass is 14.5. The molecule has 0 amide bonds. The number of fused-ring (bicyclic) bond motifs is 3. The molecule has 3 aliphatic rings. The first kappa shape index (κ1) is 65.9. The highest BCUT2D eigenvalue weighted by Crippen LogP contribution is 2.55. The van der Waals surface area contributed by atoms with Gasteiger partial charge in [-0.15, -0.1) is 0 Å². The van der Waals surface area contributed by atoms with Gasteiger partial charge >= 0.3 is 0 Å². The van der Waals surface area contributed by atoms with E-state index in [1.54, 1.807) is 22.3 Å². The molecule has 3 aromatic carbocycles. The number of allylic oxidation sites excluding steroid dienone is 18. The third-order valence-corrected chi connectivity index (χ3v) is 18.3. The minimum atomic E-state index is 0.0674. The van der Waals surface area contributed by atoms with Crippen molar-refractivity contribution in [2.45, 2.75) is 268 Å². The average Bonchev–Trinajstić information content (AvgIpc) is 3.82. The van der Waals surface area contributed by atoms with Gasteiger partial charge in [-0.3, -0.25) is 0 Å². The normalized spacial score (nSPS) is 15.9. The first-order chi connectivity index (χ1) is 38.3. The van der Waals surface area contributed by atoms with Crippen molar-refractivity contribution in [2.75, 3.05) is 0 Å². The van der Waals surface area contributed by atoms with Crippen molar-refractivity contribution in [1.29, 1.82) is 0 Å². The van der Waals surface area contributed by atoms with E-state index in [9.17, 15) is 0 Å². The lowest BCUT2D eigenvalue weighted by Crippen LogP contribution is -2.26. The van der Waals surface area contributed by atoms with Crippen LogP contribution < -0.4 is 0 Å². The zero-order valence-corrected chi connectivity index (χ0v) is 54.1. The molecule has 0 heteroatoms. The molecule has 6 rings (SSSR count). The Morgan fingerprint density at radius 1 is 0.613 bits per heavy atom. The molecule has 0 aromatic heterocycles. The fraction of sp³-hybridized carbons (Fsp3) is 0.525. The van der Waals surface area contributed by atoms with E-state index in [2.05, 4.69) is 226 Å². The molecule has 434 valence electrons. The lowest BCUT2D eigenvalue weighted by molar-refractivity contribution is 0.397. The van der Waals surface area contributed by atoms with E-state index in [0.717, 1.165) is 68.9 Å². The summed E-state index contributed by atoms with van der Waals surface area (Å²) >= 11 is 0.